The summed E-state index contributed by atoms with van der Waals surface area (Å²) in [6, 6.07) is 8.58. The van der Waals surface area contributed by atoms with E-state index in [1.54, 1.807) is 43.0 Å². The Morgan fingerprint density at radius 3 is 2.23 bits per heavy atom. The van der Waals surface area contributed by atoms with Gasteiger partial charge in [-0.2, -0.15) is 0 Å². The molecule has 4 amide bonds. The lowest BCUT2D eigenvalue weighted by atomic mass is 10.0. The SMILES string of the molecule is CC(C)[C@@H]1NC(=O)c2cc(ccc2O)Oc2ccc(cc2)C[C@H](C(=O)N2CCN(C)CC2)NC(=O)[C@H](C)NC1=O. The monoisotopic (exact) mass is 551 g/mol. The molecule has 40 heavy (non-hydrogen) atoms. The van der Waals surface area contributed by atoms with Crippen molar-refractivity contribution in [3.63, 3.8) is 0 Å². The zero-order valence-electron chi connectivity index (χ0n) is 23.3. The highest BCUT2D eigenvalue weighted by Crippen LogP contribution is 2.28. The number of hydrogen-bond donors (Lipinski definition) is 4. The van der Waals surface area contributed by atoms with Crippen LogP contribution in [-0.4, -0.2) is 89.9 Å². The number of carbonyl (C=O) groups excluding carboxylic acids is 4. The number of phenolic OH excluding ortho intramolecular Hbond substituents is 1. The molecule has 0 saturated carbocycles. The summed E-state index contributed by atoms with van der Waals surface area (Å²) in [5, 5.41) is 18.5. The third kappa shape index (κ3) is 6.90. The van der Waals surface area contributed by atoms with E-state index in [-0.39, 0.29) is 29.6 Å². The van der Waals surface area contributed by atoms with Crippen LogP contribution in [0.25, 0.3) is 0 Å². The fourth-order valence-corrected chi connectivity index (χ4v) is 4.69. The van der Waals surface area contributed by atoms with Gasteiger partial charge in [0.2, 0.25) is 17.7 Å². The number of likely N-dealkylation sites (N-methyl/N-ethyl adjacent to an activating group) is 1. The Morgan fingerprint density at radius 2 is 1.57 bits per heavy atom. The number of carbonyl (C=O) groups is 4. The van der Waals surface area contributed by atoms with Crippen molar-refractivity contribution in [3.8, 4) is 17.2 Å². The van der Waals surface area contributed by atoms with Gasteiger partial charge in [-0.05, 0) is 55.8 Å². The lowest BCUT2D eigenvalue weighted by molar-refractivity contribution is -0.138. The van der Waals surface area contributed by atoms with E-state index in [0.29, 0.717) is 24.6 Å². The van der Waals surface area contributed by atoms with Crippen LogP contribution in [0.3, 0.4) is 0 Å². The van der Waals surface area contributed by atoms with Crippen molar-refractivity contribution in [1.29, 1.82) is 0 Å². The van der Waals surface area contributed by atoms with Crippen molar-refractivity contribution in [2.75, 3.05) is 33.2 Å². The molecule has 1 fully saturated rings. The maximum absolute atomic E-state index is 13.5. The molecular formula is C29H37N5O6. The van der Waals surface area contributed by atoms with Crippen LogP contribution in [0.4, 0.5) is 0 Å². The molecule has 0 unspecified atom stereocenters. The van der Waals surface area contributed by atoms with Gasteiger partial charge in [-0.1, -0.05) is 26.0 Å². The van der Waals surface area contributed by atoms with E-state index in [2.05, 4.69) is 20.9 Å². The van der Waals surface area contributed by atoms with Crippen molar-refractivity contribution < 1.29 is 29.0 Å². The first kappa shape index (κ1) is 28.9. The normalized spacial score (nSPS) is 23.0. The molecule has 2 aromatic rings. The summed E-state index contributed by atoms with van der Waals surface area (Å²) in [4.78, 5) is 56.9. The van der Waals surface area contributed by atoms with Crippen LogP contribution in [-0.2, 0) is 20.8 Å². The number of phenols is 1. The highest BCUT2D eigenvalue weighted by atomic mass is 16.5. The number of aromatic hydroxyl groups is 1. The second-order valence-electron chi connectivity index (χ2n) is 10.7. The number of nitrogens with zero attached hydrogens (tertiary/aromatic N) is 2. The quantitative estimate of drug-likeness (QED) is 0.412. The molecule has 3 aliphatic heterocycles. The van der Waals surface area contributed by atoms with Gasteiger partial charge in [-0.15, -0.1) is 0 Å². The maximum atomic E-state index is 13.5. The smallest absolute Gasteiger partial charge is 0.255 e. The Morgan fingerprint density at radius 1 is 0.925 bits per heavy atom. The first-order valence-electron chi connectivity index (χ1n) is 13.5. The van der Waals surface area contributed by atoms with Crippen LogP contribution >= 0.6 is 0 Å². The Hall–Kier alpha value is -4.12. The fourth-order valence-electron chi connectivity index (χ4n) is 4.69. The minimum atomic E-state index is -0.986. The van der Waals surface area contributed by atoms with Crippen LogP contribution in [0, 0.1) is 5.92 Å². The van der Waals surface area contributed by atoms with E-state index in [1.165, 1.54) is 25.1 Å². The average Bonchev–Trinajstić information content (AvgIpc) is 2.92. The molecule has 2 aromatic carbocycles. The fraction of sp³-hybridized carbons (Fsp3) is 0.448. The molecular weight excluding hydrogens is 514 g/mol. The van der Waals surface area contributed by atoms with Crippen molar-refractivity contribution in [3.05, 3.63) is 53.6 Å². The van der Waals surface area contributed by atoms with Gasteiger partial charge in [0, 0.05) is 32.6 Å². The Balaban J connectivity index is 1.67. The number of hydrogen-bond acceptors (Lipinski definition) is 7. The zero-order chi connectivity index (χ0) is 29.0. The van der Waals surface area contributed by atoms with Gasteiger partial charge in [0.25, 0.3) is 5.91 Å². The predicted octanol–water partition coefficient (Wildman–Crippen LogP) is 1.26. The molecule has 11 heteroatoms. The summed E-state index contributed by atoms with van der Waals surface area (Å²) >= 11 is 0. The molecule has 0 aromatic heterocycles. The van der Waals surface area contributed by atoms with Gasteiger partial charge in [-0.3, -0.25) is 19.2 Å². The molecule has 3 atom stereocenters. The average molecular weight is 552 g/mol. The van der Waals surface area contributed by atoms with Crippen LogP contribution in [0.15, 0.2) is 42.5 Å². The number of benzene rings is 2. The second kappa shape index (κ2) is 12.4. The molecule has 3 heterocycles. The third-order valence-corrected chi connectivity index (χ3v) is 7.23. The number of nitrogens with one attached hydrogen (secondary N) is 3. The minimum Gasteiger partial charge on any atom is -0.507 e. The van der Waals surface area contributed by atoms with Crippen LogP contribution in [0.2, 0.25) is 0 Å². The van der Waals surface area contributed by atoms with Gasteiger partial charge >= 0.3 is 0 Å². The molecule has 0 spiro atoms. The van der Waals surface area contributed by atoms with Gasteiger partial charge in [-0.25, -0.2) is 0 Å². The standard InChI is InChI=1S/C29H37N5O6/c1-17(2)25-28(38)30-18(3)26(36)31-23(29(39)34-13-11-33(4)12-14-34)15-19-5-7-20(8-6-19)40-21-9-10-24(35)22(16-21)27(37)32-25/h5-10,16-18,23,25,35H,11-15H2,1-4H3,(H,30,38)(H,31,36)(H,32,37)/t18-,23+,25-/m0/s1. The Kier molecular flexibility index (Phi) is 8.93. The molecule has 1 saturated heterocycles. The highest BCUT2D eigenvalue weighted by Gasteiger charge is 2.32. The van der Waals surface area contributed by atoms with Gasteiger partial charge in [0.15, 0.2) is 0 Å². The second-order valence-corrected chi connectivity index (χ2v) is 10.7. The lowest BCUT2D eigenvalue weighted by Crippen LogP contribution is -2.58. The number of ether oxygens (including phenoxy) is 1. The van der Waals surface area contributed by atoms with E-state index >= 15 is 0 Å². The maximum Gasteiger partial charge on any atom is 0.255 e. The van der Waals surface area contributed by atoms with Gasteiger partial charge in [0.1, 0.15) is 35.4 Å². The van der Waals surface area contributed by atoms with Crippen molar-refractivity contribution in [2.24, 2.45) is 5.92 Å². The Bertz CT molecular complexity index is 1260. The first-order valence-corrected chi connectivity index (χ1v) is 13.5. The number of rotatable bonds is 2. The summed E-state index contributed by atoms with van der Waals surface area (Å²) in [5.74, 6) is -1.69. The predicted molar refractivity (Wildman–Crippen MR) is 148 cm³/mol. The summed E-state index contributed by atoms with van der Waals surface area (Å²) in [5.41, 5.74) is 0.758. The summed E-state index contributed by atoms with van der Waals surface area (Å²) in [6.45, 7) is 7.65. The largest absolute Gasteiger partial charge is 0.507 e. The zero-order valence-corrected chi connectivity index (χ0v) is 23.3. The summed E-state index contributed by atoms with van der Waals surface area (Å²) in [7, 11) is 2.00. The number of fused-ring (bicyclic) bond motifs is 11. The molecule has 0 radical (unpaired) electrons. The van der Waals surface area contributed by atoms with Crippen LogP contribution in [0.5, 0.6) is 17.2 Å². The number of amides is 4. The van der Waals surface area contributed by atoms with Gasteiger partial charge in [0.05, 0.1) is 5.56 Å². The Labute approximate surface area is 233 Å². The molecule has 11 nitrogen and oxygen atoms in total. The molecule has 4 N–H and O–H groups in total. The van der Waals surface area contributed by atoms with Gasteiger partial charge < -0.3 is 35.6 Å². The summed E-state index contributed by atoms with van der Waals surface area (Å²) < 4.78 is 5.91. The molecule has 0 aliphatic carbocycles. The molecule has 5 rings (SSSR count). The van der Waals surface area contributed by atoms with E-state index in [0.717, 1.165) is 18.7 Å². The van der Waals surface area contributed by atoms with E-state index in [9.17, 15) is 24.3 Å². The summed E-state index contributed by atoms with van der Waals surface area (Å²) in [6.07, 6.45) is 0.256. The van der Waals surface area contributed by atoms with Crippen LogP contribution < -0.4 is 20.7 Å². The number of piperazine rings is 1. The third-order valence-electron chi connectivity index (χ3n) is 7.23. The highest BCUT2D eigenvalue weighted by molar-refractivity contribution is 6.00. The molecule has 214 valence electrons. The van der Waals surface area contributed by atoms with Crippen molar-refractivity contribution >= 4 is 23.6 Å². The molecule has 4 bridgehead atoms. The van der Waals surface area contributed by atoms with Crippen molar-refractivity contribution in [1.82, 2.24) is 25.8 Å². The minimum absolute atomic E-state index is 0.0512. The van der Waals surface area contributed by atoms with E-state index in [4.69, 9.17) is 4.74 Å². The first-order chi connectivity index (χ1) is 19.0. The lowest BCUT2D eigenvalue weighted by Gasteiger charge is -2.35. The van der Waals surface area contributed by atoms with Crippen molar-refractivity contribution in [2.45, 2.75) is 45.3 Å². The topological polar surface area (TPSA) is 140 Å². The molecule has 3 aliphatic rings. The van der Waals surface area contributed by atoms with E-state index < -0.39 is 35.8 Å². The van der Waals surface area contributed by atoms with Crippen LogP contribution in [0.1, 0.15) is 36.7 Å². The van der Waals surface area contributed by atoms with E-state index in [1.807, 2.05) is 7.05 Å².